The Hall–Kier alpha value is -3.83. The van der Waals surface area contributed by atoms with Gasteiger partial charge in [-0.2, -0.15) is 0 Å². The molecule has 5 heterocycles. The lowest BCUT2D eigenvalue weighted by molar-refractivity contribution is -0.142. The number of fused-ring (bicyclic) bond motifs is 4. The van der Waals surface area contributed by atoms with Gasteiger partial charge in [-0.05, 0) is 63.0 Å². The van der Waals surface area contributed by atoms with Crippen LogP contribution in [0.2, 0.25) is 0 Å². The fraction of sp³-hybridized carbons (Fsp3) is 0.632. The van der Waals surface area contributed by atoms with E-state index in [4.69, 9.17) is 4.74 Å². The van der Waals surface area contributed by atoms with Gasteiger partial charge in [-0.1, -0.05) is 45.8 Å². The Labute approximate surface area is 329 Å². The second-order valence-corrected chi connectivity index (χ2v) is 21.0. The number of likely N-dealkylation sites (tertiary alicyclic amines) is 1. The van der Waals surface area contributed by atoms with E-state index in [2.05, 4.69) is 20.3 Å². The van der Waals surface area contributed by atoms with Crippen molar-refractivity contribution >= 4 is 62.4 Å². The molecule has 0 spiro atoms. The van der Waals surface area contributed by atoms with E-state index in [9.17, 15) is 32.4 Å². The highest BCUT2D eigenvalue weighted by Crippen LogP contribution is 2.47. The average molecular weight is 815 g/mol. The van der Waals surface area contributed by atoms with E-state index in [1.54, 1.807) is 21.6 Å². The van der Waals surface area contributed by atoms with Crippen molar-refractivity contribution in [1.29, 1.82) is 0 Å². The zero-order chi connectivity index (χ0) is 39.3. The fourth-order valence-electron chi connectivity index (χ4n) is 7.90. The first-order valence-electron chi connectivity index (χ1n) is 19.1. The predicted molar refractivity (Wildman–Crippen MR) is 208 cm³/mol. The van der Waals surface area contributed by atoms with Gasteiger partial charge in [0.05, 0.1) is 16.7 Å². The van der Waals surface area contributed by atoms with Crippen molar-refractivity contribution in [2.75, 3.05) is 26.2 Å². The molecule has 2 saturated heterocycles. The molecular formula is C38H50N6O8S3. The molecule has 0 unspecified atom stereocenters. The molecule has 3 N–H and O–H groups in total. The molecule has 5 aliphatic rings. The zero-order valence-corrected chi connectivity index (χ0v) is 34.1. The summed E-state index contributed by atoms with van der Waals surface area (Å²) in [6.07, 6.45) is 7.49. The van der Waals surface area contributed by atoms with Crippen molar-refractivity contribution in [3.05, 3.63) is 40.2 Å². The number of hydrogen-bond acceptors (Lipinski definition) is 11. The van der Waals surface area contributed by atoms with Gasteiger partial charge in [-0.3, -0.25) is 23.9 Å². The van der Waals surface area contributed by atoms with E-state index in [0.29, 0.717) is 37.8 Å². The third kappa shape index (κ3) is 8.63. The standard InChI is InChI=1S/C38H50N6O8S3/c1-22-12-15-29(54-22)32-39-28(20-53-32)33(46)43-17-23-18-44-30(26(23)19-43)31(45)41-38(35(48)42-55(50,51)25-13-14-25)16-24(38)10-8-6-5-7-9-11-27(34(44)47)40-36(49)52-21-37(2,3)4/h8,10,12,15,20,23-27,30H,5-7,9,11,13-14,16-19,21H2,1-4H3,(H,40,49)(H,41,45)(H,42,48)/b10-8-/t23-,24+,26-,27-,30-,38-/m0/s1. The van der Waals surface area contributed by atoms with Gasteiger partial charge < -0.3 is 25.2 Å². The number of rotatable bonds is 7. The Morgan fingerprint density at radius 2 is 1.85 bits per heavy atom. The number of thiophene rings is 1. The van der Waals surface area contributed by atoms with E-state index in [-0.39, 0.29) is 49.9 Å². The molecule has 3 aliphatic heterocycles. The number of nitrogens with one attached hydrogen (secondary N) is 3. The van der Waals surface area contributed by atoms with Crippen molar-refractivity contribution in [3.63, 3.8) is 0 Å². The molecule has 0 aromatic carbocycles. The van der Waals surface area contributed by atoms with Crippen molar-refractivity contribution in [1.82, 2.24) is 30.1 Å². The lowest BCUT2D eigenvalue weighted by atomic mass is 9.93. The highest BCUT2D eigenvalue weighted by Gasteiger charge is 2.63. The molecule has 7 rings (SSSR count). The minimum Gasteiger partial charge on any atom is -0.449 e. The third-order valence-electron chi connectivity index (χ3n) is 11.1. The molecule has 0 bridgehead atoms. The molecule has 298 valence electrons. The van der Waals surface area contributed by atoms with E-state index in [0.717, 1.165) is 27.6 Å². The fourth-order valence-corrected chi connectivity index (χ4v) is 11.0. The smallest absolute Gasteiger partial charge is 0.407 e. The molecule has 6 atom stereocenters. The number of sulfonamides is 1. The van der Waals surface area contributed by atoms with Crippen LogP contribution in [-0.4, -0.2) is 102 Å². The number of hydrogen-bond donors (Lipinski definition) is 3. The first-order valence-corrected chi connectivity index (χ1v) is 22.4. The van der Waals surface area contributed by atoms with Crippen LogP contribution >= 0.6 is 22.7 Å². The van der Waals surface area contributed by atoms with Crippen molar-refractivity contribution in [2.24, 2.45) is 23.2 Å². The van der Waals surface area contributed by atoms with Gasteiger partial charge in [-0.25, -0.2) is 18.2 Å². The summed E-state index contributed by atoms with van der Waals surface area (Å²) in [5.41, 5.74) is -1.49. The topological polar surface area (TPSA) is 184 Å². The number of ether oxygens (including phenoxy) is 1. The first-order chi connectivity index (χ1) is 26.0. The number of nitrogens with zero attached hydrogens (tertiary/aromatic N) is 3. The number of carbonyl (C=O) groups is 5. The van der Waals surface area contributed by atoms with Crippen LogP contribution in [0.5, 0.6) is 0 Å². The first kappa shape index (κ1) is 39.4. The molecular weight excluding hydrogens is 765 g/mol. The highest BCUT2D eigenvalue weighted by atomic mass is 32.2. The SMILES string of the molecule is Cc1ccc(-c2nc(C(=O)N3C[C@H]4CN5C(=O)[C@@H](NC(=O)OCC(C)(C)C)CCCCC/C=C\[C@@H]6C[C@]6(C(=O)NS(=O)(=O)C6CC6)NC(=O)[C@@H]5[C@H]4C3)cs2)s1. The monoisotopic (exact) mass is 814 g/mol. The Morgan fingerprint density at radius 3 is 2.56 bits per heavy atom. The number of carbonyl (C=O) groups excluding carboxylic acids is 5. The zero-order valence-electron chi connectivity index (χ0n) is 31.7. The molecule has 2 aliphatic carbocycles. The van der Waals surface area contributed by atoms with Crippen LogP contribution in [0, 0.1) is 30.1 Å². The van der Waals surface area contributed by atoms with Crippen LogP contribution in [0.15, 0.2) is 29.7 Å². The van der Waals surface area contributed by atoms with Gasteiger partial charge in [0.2, 0.25) is 21.8 Å². The number of aryl methyl sites for hydroxylation is 1. The minimum absolute atomic E-state index is 0.143. The largest absolute Gasteiger partial charge is 0.449 e. The van der Waals surface area contributed by atoms with E-state index in [1.807, 2.05) is 52.0 Å². The minimum atomic E-state index is -3.90. The molecule has 14 nitrogen and oxygen atoms in total. The van der Waals surface area contributed by atoms with Crippen LogP contribution in [0.1, 0.15) is 87.5 Å². The number of amides is 5. The summed E-state index contributed by atoms with van der Waals surface area (Å²) in [7, 11) is -3.90. The summed E-state index contributed by atoms with van der Waals surface area (Å²) in [5.74, 6) is -3.29. The summed E-state index contributed by atoms with van der Waals surface area (Å²) in [6.45, 7) is 8.54. The maximum atomic E-state index is 14.6. The maximum Gasteiger partial charge on any atom is 0.407 e. The summed E-state index contributed by atoms with van der Waals surface area (Å²) in [6, 6.07) is 1.92. The molecule has 0 radical (unpaired) electrons. The Balaban J connectivity index is 1.16. The normalized spacial score (nSPS) is 29.2. The predicted octanol–water partition coefficient (Wildman–Crippen LogP) is 4.22. The second kappa shape index (κ2) is 15.3. The summed E-state index contributed by atoms with van der Waals surface area (Å²) in [4.78, 5) is 79.8. The number of alkyl carbamates (subject to hydrolysis) is 1. The quantitative estimate of drug-likeness (QED) is 0.345. The second-order valence-electron chi connectivity index (χ2n) is 16.9. The maximum absolute atomic E-state index is 14.6. The molecule has 55 heavy (non-hydrogen) atoms. The summed E-state index contributed by atoms with van der Waals surface area (Å²) in [5, 5.41) is 7.56. The van der Waals surface area contributed by atoms with Gasteiger partial charge in [-0.15, -0.1) is 22.7 Å². The van der Waals surface area contributed by atoms with Gasteiger partial charge in [0.15, 0.2) is 0 Å². The van der Waals surface area contributed by atoms with Crippen LogP contribution in [0.4, 0.5) is 4.79 Å². The van der Waals surface area contributed by atoms with Gasteiger partial charge in [0.25, 0.3) is 11.8 Å². The highest BCUT2D eigenvalue weighted by molar-refractivity contribution is 7.91. The molecule has 2 aromatic rings. The number of allylic oxidation sites excluding steroid dienone is 1. The summed E-state index contributed by atoms with van der Waals surface area (Å²) >= 11 is 2.99. The number of aromatic nitrogens is 1. The average Bonchev–Trinajstić information content (AvgIpc) is 3.83. The van der Waals surface area contributed by atoms with Gasteiger partial charge >= 0.3 is 6.09 Å². The van der Waals surface area contributed by atoms with Gasteiger partial charge in [0.1, 0.15) is 28.3 Å². The van der Waals surface area contributed by atoms with Crippen molar-refractivity contribution in [2.45, 2.75) is 102 Å². The van der Waals surface area contributed by atoms with Crippen LogP contribution in [-0.2, 0) is 29.1 Å². The Kier molecular flexibility index (Phi) is 10.9. The van der Waals surface area contributed by atoms with E-state index >= 15 is 0 Å². The molecule has 17 heteroatoms. The molecule has 2 saturated carbocycles. The van der Waals surface area contributed by atoms with Gasteiger partial charge in [0, 0.05) is 47.6 Å². The molecule has 4 fully saturated rings. The van der Waals surface area contributed by atoms with E-state index < -0.39 is 68.5 Å². The molecule has 5 amide bonds. The van der Waals surface area contributed by atoms with Crippen LogP contribution < -0.4 is 15.4 Å². The van der Waals surface area contributed by atoms with E-state index in [1.165, 1.54) is 16.2 Å². The molecule has 2 aromatic heterocycles. The van der Waals surface area contributed by atoms with Crippen molar-refractivity contribution < 1.29 is 37.1 Å². The third-order valence-corrected chi connectivity index (χ3v) is 14.9. The lowest BCUT2D eigenvalue weighted by Crippen LogP contribution is -2.60. The Morgan fingerprint density at radius 1 is 1.07 bits per heavy atom. The lowest BCUT2D eigenvalue weighted by Gasteiger charge is -2.33. The van der Waals surface area contributed by atoms with Crippen LogP contribution in [0.3, 0.4) is 0 Å². The number of thiazole rings is 1. The van der Waals surface area contributed by atoms with Crippen molar-refractivity contribution in [3.8, 4) is 9.88 Å². The Bertz CT molecular complexity index is 1980. The summed E-state index contributed by atoms with van der Waals surface area (Å²) < 4.78 is 33.5. The van der Waals surface area contributed by atoms with Crippen LogP contribution in [0.25, 0.3) is 9.88 Å².